The molecular weight excluding hydrogens is 266 g/mol. The summed E-state index contributed by atoms with van der Waals surface area (Å²) in [6, 6.07) is 7.99. The molecule has 21 heavy (non-hydrogen) atoms. The third-order valence-corrected chi connectivity index (χ3v) is 3.78. The third kappa shape index (κ3) is 3.42. The van der Waals surface area contributed by atoms with E-state index in [0.29, 0.717) is 13.0 Å². The normalized spacial score (nSPS) is 14.0. The lowest BCUT2D eigenvalue weighted by atomic mass is 9.97. The second-order valence-electron chi connectivity index (χ2n) is 5.43. The lowest BCUT2D eigenvalue weighted by Gasteiger charge is -2.28. The highest BCUT2D eigenvalue weighted by Gasteiger charge is 2.33. The highest BCUT2D eigenvalue weighted by molar-refractivity contribution is 5.80. The van der Waals surface area contributed by atoms with Crippen LogP contribution in [0.5, 0.6) is 0 Å². The second-order valence-corrected chi connectivity index (χ2v) is 5.43. The van der Waals surface area contributed by atoms with E-state index in [9.17, 15) is 4.79 Å². The number of nitrogens with one attached hydrogen (secondary N) is 1. The van der Waals surface area contributed by atoms with E-state index in [0.717, 1.165) is 24.0 Å². The van der Waals surface area contributed by atoms with Gasteiger partial charge >= 0.3 is 5.97 Å². The molecule has 1 aromatic carbocycles. The van der Waals surface area contributed by atoms with Gasteiger partial charge in [0.05, 0.1) is 24.5 Å². The lowest BCUT2D eigenvalue weighted by Crippen LogP contribution is -2.51. The molecule has 0 aliphatic rings. The van der Waals surface area contributed by atoms with Crippen molar-refractivity contribution in [1.82, 2.24) is 14.9 Å². The Morgan fingerprint density at radius 2 is 2.19 bits per heavy atom. The number of aryl methyl sites for hydroxylation is 1. The zero-order valence-corrected chi connectivity index (χ0v) is 12.9. The monoisotopic (exact) mass is 289 g/mol. The number of hydrogen-bond acceptors (Lipinski definition) is 4. The molecule has 1 aromatic heterocycles. The standard InChI is InChI=1S/C16H23N3O2/c1-4-10-18-16(2,15(20)21-3)9-11-19-12-17-13-7-5-6-8-14(13)19/h5-8,12,18H,4,9-11H2,1-3H3. The van der Waals surface area contributed by atoms with Crippen LogP contribution in [-0.2, 0) is 16.1 Å². The number of carbonyl (C=O) groups excluding carboxylic acids is 1. The third-order valence-electron chi connectivity index (χ3n) is 3.78. The number of para-hydroxylation sites is 2. The molecule has 0 saturated carbocycles. The summed E-state index contributed by atoms with van der Waals surface area (Å²) in [4.78, 5) is 16.4. The number of hydrogen-bond donors (Lipinski definition) is 1. The maximum absolute atomic E-state index is 12.1. The van der Waals surface area contributed by atoms with E-state index in [-0.39, 0.29) is 5.97 Å². The van der Waals surface area contributed by atoms with Crippen molar-refractivity contribution < 1.29 is 9.53 Å². The van der Waals surface area contributed by atoms with Crippen LogP contribution >= 0.6 is 0 Å². The van der Waals surface area contributed by atoms with Crippen LogP contribution in [0, 0.1) is 0 Å². The fourth-order valence-corrected chi connectivity index (χ4v) is 2.42. The quantitative estimate of drug-likeness (QED) is 0.795. The Morgan fingerprint density at radius 1 is 1.43 bits per heavy atom. The maximum atomic E-state index is 12.1. The van der Waals surface area contributed by atoms with E-state index in [1.54, 1.807) is 0 Å². The van der Waals surface area contributed by atoms with Crippen LogP contribution < -0.4 is 5.32 Å². The topological polar surface area (TPSA) is 56.2 Å². The summed E-state index contributed by atoms with van der Waals surface area (Å²) in [6.45, 7) is 5.47. The van der Waals surface area contributed by atoms with Crippen molar-refractivity contribution in [2.24, 2.45) is 0 Å². The first kappa shape index (κ1) is 15.5. The number of methoxy groups -OCH3 is 1. The molecule has 0 saturated heterocycles. The zero-order chi connectivity index (χ0) is 15.3. The van der Waals surface area contributed by atoms with Crippen molar-refractivity contribution in [3.63, 3.8) is 0 Å². The molecule has 0 aliphatic heterocycles. The predicted octanol–water partition coefficient (Wildman–Crippen LogP) is 2.36. The SMILES string of the molecule is CCCNC(C)(CCn1cnc2ccccc21)C(=O)OC. The van der Waals surface area contributed by atoms with Gasteiger partial charge in [0, 0.05) is 6.54 Å². The van der Waals surface area contributed by atoms with Crippen LogP contribution in [0.4, 0.5) is 0 Å². The molecule has 1 heterocycles. The summed E-state index contributed by atoms with van der Waals surface area (Å²) in [5.41, 5.74) is 1.38. The molecule has 0 spiro atoms. The van der Waals surface area contributed by atoms with E-state index < -0.39 is 5.54 Å². The number of fused-ring (bicyclic) bond motifs is 1. The van der Waals surface area contributed by atoms with Crippen molar-refractivity contribution in [3.05, 3.63) is 30.6 Å². The van der Waals surface area contributed by atoms with Crippen molar-refractivity contribution in [2.45, 2.75) is 38.8 Å². The Kier molecular flexibility index (Phi) is 4.96. The largest absolute Gasteiger partial charge is 0.468 e. The van der Waals surface area contributed by atoms with Gasteiger partial charge < -0.3 is 14.6 Å². The molecule has 2 aromatic rings. The van der Waals surface area contributed by atoms with Crippen LogP contribution in [0.15, 0.2) is 30.6 Å². The predicted molar refractivity (Wildman–Crippen MR) is 83.1 cm³/mol. The number of esters is 1. The Hall–Kier alpha value is -1.88. The van der Waals surface area contributed by atoms with Gasteiger partial charge in [-0.2, -0.15) is 0 Å². The van der Waals surface area contributed by atoms with Crippen LogP contribution in [0.3, 0.4) is 0 Å². The Morgan fingerprint density at radius 3 is 2.90 bits per heavy atom. The number of aromatic nitrogens is 2. The van der Waals surface area contributed by atoms with E-state index in [1.165, 1.54) is 7.11 Å². The summed E-state index contributed by atoms with van der Waals surface area (Å²) in [6.07, 6.45) is 3.45. The number of rotatable bonds is 7. The molecule has 1 atom stereocenters. The van der Waals surface area contributed by atoms with Gasteiger partial charge in [0.2, 0.25) is 0 Å². The zero-order valence-electron chi connectivity index (χ0n) is 12.9. The van der Waals surface area contributed by atoms with E-state index in [2.05, 4.69) is 21.8 Å². The smallest absolute Gasteiger partial charge is 0.325 e. The maximum Gasteiger partial charge on any atom is 0.325 e. The van der Waals surface area contributed by atoms with Crippen molar-refractivity contribution in [3.8, 4) is 0 Å². The van der Waals surface area contributed by atoms with Crippen LogP contribution in [0.25, 0.3) is 11.0 Å². The molecule has 0 amide bonds. The highest BCUT2D eigenvalue weighted by atomic mass is 16.5. The minimum atomic E-state index is -0.671. The van der Waals surface area contributed by atoms with Gasteiger partial charge in [-0.3, -0.25) is 4.79 Å². The van der Waals surface area contributed by atoms with Crippen molar-refractivity contribution in [2.75, 3.05) is 13.7 Å². The van der Waals surface area contributed by atoms with E-state index in [4.69, 9.17) is 4.74 Å². The summed E-state index contributed by atoms with van der Waals surface area (Å²) in [5.74, 6) is -0.222. The fraction of sp³-hybridized carbons (Fsp3) is 0.500. The van der Waals surface area contributed by atoms with Gasteiger partial charge in [0.25, 0.3) is 0 Å². The van der Waals surface area contributed by atoms with Crippen molar-refractivity contribution >= 4 is 17.0 Å². The summed E-state index contributed by atoms with van der Waals surface area (Å²) < 4.78 is 7.02. The van der Waals surface area contributed by atoms with Gasteiger partial charge in [0.15, 0.2) is 0 Å². The minimum absolute atomic E-state index is 0.222. The summed E-state index contributed by atoms with van der Waals surface area (Å²) >= 11 is 0. The van der Waals surface area contributed by atoms with E-state index >= 15 is 0 Å². The Balaban J connectivity index is 2.12. The molecule has 1 N–H and O–H groups in total. The van der Waals surface area contributed by atoms with Gasteiger partial charge in [0.1, 0.15) is 5.54 Å². The number of ether oxygens (including phenoxy) is 1. The van der Waals surface area contributed by atoms with Gasteiger partial charge in [-0.25, -0.2) is 4.98 Å². The van der Waals surface area contributed by atoms with Crippen molar-refractivity contribution in [1.29, 1.82) is 0 Å². The number of nitrogens with zero attached hydrogens (tertiary/aromatic N) is 2. The molecule has 0 aliphatic carbocycles. The molecule has 0 bridgehead atoms. The average molecular weight is 289 g/mol. The van der Waals surface area contributed by atoms with Crippen LogP contribution in [0.1, 0.15) is 26.7 Å². The second kappa shape index (κ2) is 6.72. The van der Waals surface area contributed by atoms with Gasteiger partial charge in [-0.1, -0.05) is 19.1 Å². The van der Waals surface area contributed by atoms with Crippen LogP contribution in [0.2, 0.25) is 0 Å². The fourth-order valence-electron chi connectivity index (χ4n) is 2.42. The molecule has 2 rings (SSSR count). The Labute approximate surface area is 125 Å². The average Bonchev–Trinajstić information content (AvgIpc) is 2.93. The molecule has 1 unspecified atom stereocenters. The van der Waals surface area contributed by atoms with Crippen LogP contribution in [-0.4, -0.2) is 34.7 Å². The minimum Gasteiger partial charge on any atom is -0.468 e. The summed E-state index contributed by atoms with van der Waals surface area (Å²) in [7, 11) is 1.43. The highest BCUT2D eigenvalue weighted by Crippen LogP contribution is 2.17. The lowest BCUT2D eigenvalue weighted by molar-refractivity contribution is -0.148. The first-order valence-corrected chi connectivity index (χ1v) is 7.34. The van der Waals surface area contributed by atoms with Gasteiger partial charge in [-0.15, -0.1) is 0 Å². The number of benzene rings is 1. The molecular formula is C16H23N3O2. The van der Waals surface area contributed by atoms with E-state index in [1.807, 2.05) is 37.5 Å². The number of imidazole rings is 1. The van der Waals surface area contributed by atoms with Gasteiger partial charge in [-0.05, 0) is 38.4 Å². The molecule has 5 heteroatoms. The molecule has 5 nitrogen and oxygen atoms in total. The first-order valence-electron chi connectivity index (χ1n) is 7.34. The summed E-state index contributed by atoms with van der Waals surface area (Å²) in [5, 5.41) is 3.30. The number of carbonyl (C=O) groups is 1. The molecule has 0 fully saturated rings. The Bertz CT molecular complexity index is 608. The first-order chi connectivity index (χ1) is 10.1. The molecule has 0 radical (unpaired) electrons. The molecule has 114 valence electrons.